The molecule has 260 valence electrons. The van der Waals surface area contributed by atoms with E-state index in [1.165, 1.54) is 4.57 Å². The van der Waals surface area contributed by atoms with Crippen molar-refractivity contribution in [2.75, 3.05) is 23.7 Å². The number of alkyl halides is 3. The number of halogens is 6. The minimum Gasteiger partial charge on any atom is -0.444 e. The van der Waals surface area contributed by atoms with Crippen LogP contribution in [-0.4, -0.2) is 62.1 Å². The van der Waals surface area contributed by atoms with Crippen LogP contribution in [0.25, 0.3) is 22.0 Å². The molecule has 2 aliphatic heterocycles. The third-order valence-electron chi connectivity index (χ3n) is 8.62. The van der Waals surface area contributed by atoms with Gasteiger partial charge >= 0.3 is 18.0 Å². The standard InChI is InChI=1S/C34H33ClF5N5O3S/c1-17-13-43(14-18(2)45(17)32(47)48-33(3,4)5)30-22-10-23(34(38,39)40)27(21-11-24(35)26(37)12-25(21)36)29-28(22)44(31(46)42-30)15-20(16-49-29)19-6-8-41-9-7-19/h6-12,17-18,20H,13-16H2,1-5H3/t17?,18?,20-/m1/s1. The second-order valence-electron chi connectivity index (χ2n) is 13.4. The number of pyridine rings is 1. The molecule has 0 bridgehead atoms. The van der Waals surface area contributed by atoms with E-state index in [-0.39, 0.29) is 52.9 Å². The third kappa shape index (κ3) is 6.69. The molecular formula is C34H33ClF5N5O3S. The van der Waals surface area contributed by atoms with Gasteiger partial charge in [-0.05, 0) is 64.4 Å². The number of anilines is 1. The normalized spacial score (nSPS) is 20.0. The Balaban J connectivity index is 1.60. The summed E-state index contributed by atoms with van der Waals surface area (Å²) < 4.78 is 82.0. The van der Waals surface area contributed by atoms with Crippen molar-refractivity contribution in [1.29, 1.82) is 0 Å². The highest BCUT2D eigenvalue weighted by Crippen LogP contribution is 2.50. The van der Waals surface area contributed by atoms with Gasteiger partial charge < -0.3 is 9.64 Å². The highest BCUT2D eigenvalue weighted by molar-refractivity contribution is 7.99. The van der Waals surface area contributed by atoms with Gasteiger partial charge in [0.2, 0.25) is 0 Å². The lowest BCUT2D eigenvalue weighted by molar-refractivity contribution is -0.137. The predicted molar refractivity (Wildman–Crippen MR) is 178 cm³/mol. The maximum atomic E-state index is 15.5. The lowest BCUT2D eigenvalue weighted by Gasteiger charge is -2.45. The number of aromatic nitrogens is 3. The zero-order valence-electron chi connectivity index (χ0n) is 27.2. The summed E-state index contributed by atoms with van der Waals surface area (Å²) in [6.45, 7) is 9.17. The number of rotatable bonds is 3. The van der Waals surface area contributed by atoms with Crippen molar-refractivity contribution in [3.63, 3.8) is 0 Å². The van der Waals surface area contributed by atoms with Crippen LogP contribution >= 0.6 is 23.4 Å². The van der Waals surface area contributed by atoms with Gasteiger partial charge in [0.25, 0.3) is 0 Å². The molecule has 0 spiro atoms. The highest BCUT2D eigenvalue weighted by Gasteiger charge is 2.41. The Morgan fingerprint density at radius 1 is 1.00 bits per heavy atom. The van der Waals surface area contributed by atoms with Crippen LogP contribution in [0, 0.1) is 11.6 Å². The van der Waals surface area contributed by atoms with E-state index < -0.39 is 69.0 Å². The lowest BCUT2D eigenvalue weighted by atomic mass is 9.95. The first kappa shape index (κ1) is 34.9. The van der Waals surface area contributed by atoms with Gasteiger partial charge in [-0.3, -0.25) is 14.5 Å². The highest BCUT2D eigenvalue weighted by atomic mass is 35.5. The number of carbonyl (C=O) groups excluding carboxylic acids is 1. The van der Waals surface area contributed by atoms with E-state index in [4.69, 9.17) is 16.3 Å². The smallest absolute Gasteiger partial charge is 0.417 e. The molecule has 8 nitrogen and oxygen atoms in total. The van der Waals surface area contributed by atoms with E-state index >= 15 is 17.6 Å². The van der Waals surface area contributed by atoms with Crippen LogP contribution < -0.4 is 10.6 Å². The number of benzene rings is 2. The van der Waals surface area contributed by atoms with E-state index in [2.05, 4.69) is 9.97 Å². The van der Waals surface area contributed by atoms with Crippen molar-refractivity contribution in [2.45, 2.75) is 75.8 Å². The Kier molecular flexibility index (Phi) is 9.10. The molecule has 15 heteroatoms. The molecule has 2 aliphatic rings. The maximum absolute atomic E-state index is 15.5. The van der Waals surface area contributed by atoms with Gasteiger partial charge in [0.1, 0.15) is 23.1 Å². The molecule has 0 saturated carbocycles. The number of carbonyl (C=O) groups is 1. The van der Waals surface area contributed by atoms with Crippen molar-refractivity contribution in [2.24, 2.45) is 0 Å². The minimum absolute atomic E-state index is 0.00260. The summed E-state index contributed by atoms with van der Waals surface area (Å²) in [6, 6.07) is 4.78. The zero-order chi connectivity index (χ0) is 35.6. The summed E-state index contributed by atoms with van der Waals surface area (Å²) in [6.07, 6.45) is -2.37. The van der Waals surface area contributed by atoms with Gasteiger partial charge in [-0.25, -0.2) is 18.4 Å². The Morgan fingerprint density at radius 3 is 2.27 bits per heavy atom. The van der Waals surface area contributed by atoms with E-state index in [1.54, 1.807) is 68.9 Å². The van der Waals surface area contributed by atoms with Crippen LogP contribution in [0.5, 0.6) is 0 Å². The Morgan fingerprint density at radius 2 is 1.65 bits per heavy atom. The minimum atomic E-state index is -5.00. The number of amides is 1. The molecule has 2 aromatic carbocycles. The summed E-state index contributed by atoms with van der Waals surface area (Å²) in [5.41, 5.74) is -2.78. The van der Waals surface area contributed by atoms with E-state index in [0.717, 1.165) is 29.5 Å². The maximum Gasteiger partial charge on any atom is 0.417 e. The summed E-state index contributed by atoms with van der Waals surface area (Å²) >= 11 is 7.05. The van der Waals surface area contributed by atoms with E-state index in [1.807, 2.05) is 0 Å². The van der Waals surface area contributed by atoms with Crippen LogP contribution in [0.3, 0.4) is 0 Å². The molecule has 1 amide bonds. The molecule has 49 heavy (non-hydrogen) atoms. The van der Waals surface area contributed by atoms with Crippen LogP contribution in [0.1, 0.15) is 51.7 Å². The van der Waals surface area contributed by atoms with Crippen molar-refractivity contribution in [3.8, 4) is 11.1 Å². The van der Waals surface area contributed by atoms with E-state index in [9.17, 15) is 14.0 Å². The molecule has 0 aliphatic carbocycles. The van der Waals surface area contributed by atoms with Crippen LogP contribution in [0.15, 0.2) is 52.4 Å². The fraction of sp³-hybridized carbons (Fsp3) is 0.412. The number of hydrogen-bond acceptors (Lipinski definition) is 7. The molecule has 3 atom stereocenters. The average Bonchev–Trinajstić information content (AvgIpc) is 3.21. The second-order valence-corrected chi connectivity index (χ2v) is 14.8. The van der Waals surface area contributed by atoms with Crippen molar-refractivity contribution in [1.82, 2.24) is 19.4 Å². The zero-order valence-corrected chi connectivity index (χ0v) is 28.8. The first-order chi connectivity index (χ1) is 22.9. The van der Waals surface area contributed by atoms with Gasteiger partial charge in [0, 0.05) is 71.2 Å². The summed E-state index contributed by atoms with van der Waals surface area (Å²) in [7, 11) is 0. The molecular weight excluding hydrogens is 689 g/mol. The number of thioether (sulfide) groups is 1. The fourth-order valence-corrected chi connectivity index (χ4v) is 8.16. The number of nitrogens with zero attached hydrogens (tertiary/aromatic N) is 5. The first-order valence-corrected chi connectivity index (χ1v) is 16.9. The van der Waals surface area contributed by atoms with Gasteiger partial charge in [-0.1, -0.05) is 11.6 Å². The average molecular weight is 722 g/mol. The number of piperazine rings is 1. The quantitative estimate of drug-likeness (QED) is 0.156. The van der Waals surface area contributed by atoms with Gasteiger partial charge in [0.15, 0.2) is 0 Å². The molecule has 2 aromatic heterocycles. The topological polar surface area (TPSA) is 80.6 Å². The van der Waals surface area contributed by atoms with Gasteiger partial charge in [-0.2, -0.15) is 18.2 Å². The van der Waals surface area contributed by atoms with E-state index in [0.29, 0.717) is 6.07 Å². The number of hydrogen-bond donors (Lipinski definition) is 0. The largest absolute Gasteiger partial charge is 0.444 e. The lowest BCUT2D eigenvalue weighted by Crippen LogP contribution is -2.59. The van der Waals surface area contributed by atoms with Crippen molar-refractivity contribution >= 4 is 46.2 Å². The molecule has 0 radical (unpaired) electrons. The summed E-state index contributed by atoms with van der Waals surface area (Å²) in [5, 5.41) is -0.518. The third-order valence-corrected chi connectivity index (χ3v) is 10.2. The summed E-state index contributed by atoms with van der Waals surface area (Å²) in [4.78, 5) is 38.8. The molecule has 6 rings (SSSR count). The second kappa shape index (κ2) is 12.8. The number of ether oxygens (including phenoxy) is 1. The van der Waals surface area contributed by atoms with Gasteiger partial charge in [-0.15, -0.1) is 11.8 Å². The Bertz CT molecular complexity index is 1990. The SMILES string of the molecule is CC1CN(c2nc(=O)n3c4c(c(-c5cc(Cl)c(F)cc5F)c(C(F)(F)F)cc24)SC[C@H](c2ccncc2)C3)CC(C)N1C(=O)OC(C)(C)C. The van der Waals surface area contributed by atoms with Gasteiger partial charge in [0.05, 0.1) is 28.2 Å². The predicted octanol–water partition coefficient (Wildman–Crippen LogP) is 8.13. The molecule has 4 aromatic rings. The molecule has 4 heterocycles. The van der Waals surface area contributed by atoms with Crippen molar-refractivity contribution < 1.29 is 31.5 Å². The Labute approximate surface area is 288 Å². The fourth-order valence-electron chi connectivity index (χ4n) is 6.61. The van der Waals surface area contributed by atoms with Crippen LogP contribution in [-0.2, 0) is 17.5 Å². The van der Waals surface area contributed by atoms with Crippen molar-refractivity contribution in [3.05, 3.63) is 81.0 Å². The monoisotopic (exact) mass is 721 g/mol. The molecule has 1 saturated heterocycles. The van der Waals surface area contributed by atoms with Crippen LogP contribution in [0.2, 0.25) is 5.02 Å². The summed E-state index contributed by atoms with van der Waals surface area (Å²) in [5.74, 6) is -2.47. The molecule has 2 unspecified atom stereocenters. The molecule has 1 fully saturated rings. The molecule has 0 N–H and O–H groups in total. The Hall–Kier alpha value is -3.91. The first-order valence-electron chi connectivity index (χ1n) is 15.6. The van der Waals surface area contributed by atoms with Crippen LogP contribution in [0.4, 0.5) is 32.6 Å².